The van der Waals surface area contributed by atoms with E-state index in [9.17, 15) is 4.79 Å². The van der Waals surface area contributed by atoms with Crippen molar-refractivity contribution in [2.24, 2.45) is 17.0 Å². The van der Waals surface area contributed by atoms with Gasteiger partial charge in [0, 0.05) is 16.9 Å². The predicted octanol–water partition coefficient (Wildman–Crippen LogP) is 0.158. The summed E-state index contributed by atoms with van der Waals surface area (Å²) < 4.78 is 16.9. The van der Waals surface area contributed by atoms with Gasteiger partial charge in [0.25, 0.3) is 0 Å². The Bertz CT molecular complexity index is 503. The van der Waals surface area contributed by atoms with E-state index in [2.05, 4.69) is 22.3 Å². The number of carbonyl (C=O) groups is 1. The molecule has 2 aliphatic heterocycles. The fourth-order valence-corrected chi connectivity index (χ4v) is 3.57. The van der Waals surface area contributed by atoms with E-state index in [1.54, 1.807) is 0 Å². The van der Waals surface area contributed by atoms with E-state index in [1.165, 1.54) is 0 Å². The van der Waals surface area contributed by atoms with Gasteiger partial charge in [-0.1, -0.05) is 25.9 Å². The normalized spacial score (nSPS) is 38.8. The molecule has 0 aliphatic carbocycles. The quantitative estimate of drug-likeness (QED) is 0.334. The molecule has 132 valence electrons. The second kappa shape index (κ2) is 8.14. The molecule has 0 saturated carbocycles. The molecule has 24 heavy (non-hydrogen) atoms. The summed E-state index contributed by atoms with van der Waals surface area (Å²) in [6.07, 6.45) is 0.151. The number of hydrogen-bond donors (Lipinski definition) is 1. The van der Waals surface area contributed by atoms with Gasteiger partial charge in [-0.25, -0.2) is 4.79 Å². The number of azide groups is 1. The minimum atomic E-state index is -0.531. The van der Waals surface area contributed by atoms with Gasteiger partial charge in [-0.05, 0) is 23.8 Å². The van der Waals surface area contributed by atoms with Crippen LogP contribution in [0.15, 0.2) is 5.11 Å². The summed E-state index contributed by atoms with van der Waals surface area (Å²) in [5.41, 5.74) is 8.76. The van der Waals surface area contributed by atoms with Crippen molar-refractivity contribution in [3.63, 3.8) is 0 Å². The lowest BCUT2D eigenvalue weighted by atomic mass is 9.88. The van der Waals surface area contributed by atoms with E-state index in [1.807, 2.05) is 29.5 Å². The highest BCUT2D eigenvalue weighted by molar-refractivity contribution is 6.12. The molecular weight excluding hydrogens is 310 g/mol. The number of hydrogen-bond acceptors (Lipinski definition) is 5. The van der Waals surface area contributed by atoms with Crippen molar-refractivity contribution in [1.82, 2.24) is 5.32 Å². The number of nitrogens with zero attached hydrogens (tertiary/aromatic N) is 3. The molecule has 2 saturated heterocycles. The van der Waals surface area contributed by atoms with E-state index in [-0.39, 0.29) is 36.7 Å². The summed E-state index contributed by atoms with van der Waals surface area (Å²) in [6, 6.07) is -0.904. The average molecular weight is 336 g/mol. The fraction of sp³-hybridized carbons (Fsp3) is 0.929. The van der Waals surface area contributed by atoms with Crippen molar-refractivity contribution in [1.29, 1.82) is 0 Å². The molecule has 0 spiro atoms. The van der Waals surface area contributed by atoms with E-state index in [0.717, 1.165) is 6.42 Å². The van der Waals surface area contributed by atoms with Gasteiger partial charge >= 0.3 is 6.09 Å². The molecule has 2 heterocycles. The molecule has 8 nitrogen and oxygen atoms in total. The third-order valence-electron chi connectivity index (χ3n) is 4.83. The zero-order chi connectivity index (χ0) is 17.9. The summed E-state index contributed by atoms with van der Waals surface area (Å²) >= 11 is 0. The molecule has 7 atom stereocenters. The minimum absolute atomic E-state index is 0.0710. The van der Waals surface area contributed by atoms with Crippen LogP contribution >= 0.6 is 0 Å². The molecular formula is C14H26B2N4O4. The maximum atomic E-state index is 12.2. The summed E-state index contributed by atoms with van der Waals surface area (Å²) in [5, 5.41) is 6.61. The largest absolute Gasteiger partial charge is 0.447 e. The Morgan fingerprint density at radius 3 is 2.71 bits per heavy atom. The van der Waals surface area contributed by atoms with Gasteiger partial charge in [0.2, 0.25) is 0 Å². The van der Waals surface area contributed by atoms with Crippen LogP contribution in [0.5, 0.6) is 0 Å². The van der Waals surface area contributed by atoms with Crippen molar-refractivity contribution in [3.8, 4) is 0 Å². The molecule has 10 heteroatoms. The SMILES string of the molecule is BC1CC(C)C(COC(=O)NC2C(N=[N+]=[N-])C(B)OC2C(C)C)O1. The standard InChI is InChI=1S/C14H26B2N4O4/c1-6(2)12-10(11(19-20-17)13(16)24-12)18-14(21)22-5-8-7(3)4-9(15)23-8/h6-13H,4-5,15-16H2,1-3H3,(H,18,21). The van der Waals surface area contributed by atoms with Crippen molar-refractivity contribution in [2.45, 2.75) is 63.5 Å². The van der Waals surface area contributed by atoms with Crippen molar-refractivity contribution in [3.05, 3.63) is 10.4 Å². The zero-order valence-electron chi connectivity index (χ0n) is 15.0. The van der Waals surface area contributed by atoms with Crippen molar-refractivity contribution in [2.75, 3.05) is 6.61 Å². The van der Waals surface area contributed by atoms with Crippen LogP contribution in [0, 0.1) is 11.8 Å². The highest BCUT2D eigenvalue weighted by Crippen LogP contribution is 2.28. The van der Waals surface area contributed by atoms with Crippen LogP contribution in [0.1, 0.15) is 27.2 Å². The Morgan fingerprint density at radius 2 is 2.17 bits per heavy atom. The summed E-state index contributed by atoms with van der Waals surface area (Å²) in [5.74, 6) is 0.540. The maximum Gasteiger partial charge on any atom is 0.407 e. The first kappa shape index (κ1) is 19.0. The van der Waals surface area contributed by atoms with Crippen molar-refractivity contribution >= 4 is 21.8 Å². The van der Waals surface area contributed by atoms with Crippen LogP contribution < -0.4 is 5.32 Å². The number of carbonyl (C=O) groups excluding carboxylic acids is 1. The van der Waals surface area contributed by atoms with E-state index >= 15 is 0 Å². The molecule has 0 bridgehead atoms. The lowest BCUT2D eigenvalue weighted by Gasteiger charge is -2.25. The summed E-state index contributed by atoms with van der Waals surface area (Å²) in [6.45, 7) is 6.32. The third-order valence-corrected chi connectivity index (χ3v) is 4.83. The molecule has 0 aromatic carbocycles. The Hall–Kier alpha value is -1.37. The van der Waals surface area contributed by atoms with Crippen LogP contribution in [0.3, 0.4) is 0 Å². The molecule has 2 fully saturated rings. The van der Waals surface area contributed by atoms with Gasteiger partial charge in [-0.2, -0.15) is 0 Å². The molecule has 0 radical (unpaired) electrons. The van der Waals surface area contributed by atoms with Crippen LogP contribution in [-0.2, 0) is 14.2 Å². The van der Waals surface area contributed by atoms with Gasteiger partial charge in [0.05, 0.1) is 24.3 Å². The van der Waals surface area contributed by atoms with Gasteiger partial charge in [0.15, 0.2) is 0 Å². The van der Waals surface area contributed by atoms with Crippen LogP contribution in [0.25, 0.3) is 10.4 Å². The third kappa shape index (κ3) is 4.37. The van der Waals surface area contributed by atoms with Crippen LogP contribution in [0.2, 0.25) is 0 Å². The monoisotopic (exact) mass is 336 g/mol. The van der Waals surface area contributed by atoms with E-state index in [0.29, 0.717) is 5.92 Å². The Kier molecular flexibility index (Phi) is 6.43. The zero-order valence-corrected chi connectivity index (χ0v) is 15.0. The first-order valence-electron chi connectivity index (χ1n) is 8.61. The molecule has 0 aromatic rings. The lowest BCUT2D eigenvalue weighted by molar-refractivity contribution is 0.0150. The highest BCUT2D eigenvalue weighted by atomic mass is 16.6. The number of rotatable bonds is 5. The maximum absolute atomic E-state index is 12.2. The van der Waals surface area contributed by atoms with Crippen molar-refractivity contribution < 1.29 is 19.0 Å². The highest BCUT2D eigenvalue weighted by Gasteiger charge is 2.44. The second-order valence-corrected chi connectivity index (χ2v) is 7.21. The Balaban J connectivity index is 1.93. The van der Waals surface area contributed by atoms with E-state index in [4.69, 9.17) is 19.7 Å². The van der Waals surface area contributed by atoms with Gasteiger partial charge in [-0.15, -0.1) is 0 Å². The Labute approximate surface area is 144 Å². The van der Waals surface area contributed by atoms with Gasteiger partial charge < -0.3 is 19.5 Å². The van der Waals surface area contributed by atoms with E-state index < -0.39 is 18.2 Å². The van der Waals surface area contributed by atoms with Crippen LogP contribution in [-0.4, -0.2) is 64.7 Å². The molecule has 0 aromatic heterocycles. The first-order valence-corrected chi connectivity index (χ1v) is 8.61. The number of amides is 1. The lowest BCUT2D eigenvalue weighted by Crippen LogP contribution is -2.49. The molecule has 7 unspecified atom stereocenters. The summed E-state index contributed by atoms with van der Waals surface area (Å²) in [4.78, 5) is 15.1. The first-order chi connectivity index (χ1) is 11.3. The second-order valence-electron chi connectivity index (χ2n) is 7.21. The fourth-order valence-electron chi connectivity index (χ4n) is 3.57. The molecule has 2 aliphatic rings. The number of alkyl carbamates (subject to hydrolysis) is 1. The van der Waals surface area contributed by atoms with Gasteiger partial charge in [-0.3, -0.25) is 0 Å². The summed E-state index contributed by atoms with van der Waals surface area (Å²) in [7, 11) is 3.86. The smallest absolute Gasteiger partial charge is 0.407 e. The van der Waals surface area contributed by atoms with Crippen LogP contribution in [0.4, 0.5) is 4.79 Å². The topological polar surface area (TPSA) is 106 Å². The number of ether oxygens (including phenoxy) is 3. The average Bonchev–Trinajstić information content (AvgIpc) is 2.98. The Morgan fingerprint density at radius 1 is 1.46 bits per heavy atom. The molecule has 1 amide bonds. The predicted molar refractivity (Wildman–Crippen MR) is 94.2 cm³/mol. The molecule has 2 rings (SSSR count). The molecule has 1 N–H and O–H groups in total. The minimum Gasteiger partial charge on any atom is -0.447 e. The number of nitrogens with one attached hydrogen (secondary N) is 1. The van der Waals surface area contributed by atoms with Gasteiger partial charge in [0.1, 0.15) is 22.3 Å².